The van der Waals surface area contributed by atoms with E-state index >= 15 is 0 Å². The molecule has 0 fully saturated rings. The van der Waals surface area contributed by atoms with Crippen LogP contribution in [0.1, 0.15) is 19.4 Å². The van der Waals surface area contributed by atoms with Gasteiger partial charge in [-0.1, -0.05) is 43.4 Å². The summed E-state index contributed by atoms with van der Waals surface area (Å²) in [7, 11) is -1.19. The molecule has 17 heavy (non-hydrogen) atoms. The largest absolute Gasteiger partial charge is 0.460 e. The van der Waals surface area contributed by atoms with E-state index in [2.05, 4.69) is 13.1 Å². The Balaban J connectivity index is 2.94. The topological polar surface area (TPSA) is 26.3 Å². The van der Waals surface area contributed by atoms with E-state index < -0.39 is 8.80 Å². The third-order valence-electron chi connectivity index (χ3n) is 2.32. The molecule has 0 saturated heterocycles. The highest BCUT2D eigenvalue weighted by molar-refractivity contribution is 6.70. The van der Waals surface area contributed by atoms with Gasteiger partial charge in [-0.25, -0.2) is 4.79 Å². The Morgan fingerprint density at radius 2 is 1.82 bits per heavy atom. The monoisotopic (exact) mass is 248 g/mol. The van der Waals surface area contributed by atoms with Crippen molar-refractivity contribution >= 4 is 20.8 Å². The van der Waals surface area contributed by atoms with E-state index in [1.54, 1.807) is 0 Å². The summed E-state index contributed by atoms with van der Waals surface area (Å²) in [6, 6.07) is 9.91. The number of carbonyl (C=O) groups excluding carboxylic acids is 1. The minimum atomic E-state index is -1.19. The van der Waals surface area contributed by atoms with Crippen molar-refractivity contribution in [3.05, 3.63) is 41.1 Å². The lowest BCUT2D eigenvalue weighted by molar-refractivity contribution is -0.141. The SMILES string of the molecule is CC(C)OC(=O)C(=Cc1ccccc1)[SiH](C)C. The van der Waals surface area contributed by atoms with Crippen LogP contribution in [-0.4, -0.2) is 20.9 Å². The van der Waals surface area contributed by atoms with Crippen LogP contribution in [0.25, 0.3) is 6.08 Å². The van der Waals surface area contributed by atoms with Crippen molar-refractivity contribution in [2.24, 2.45) is 0 Å². The van der Waals surface area contributed by atoms with Crippen molar-refractivity contribution in [1.29, 1.82) is 0 Å². The van der Waals surface area contributed by atoms with Crippen LogP contribution in [0.2, 0.25) is 13.1 Å². The molecule has 1 aromatic carbocycles. The lowest BCUT2D eigenvalue weighted by Crippen LogP contribution is -2.21. The summed E-state index contributed by atoms with van der Waals surface area (Å²) in [5.74, 6) is -0.162. The maximum atomic E-state index is 11.9. The Labute approximate surface area is 105 Å². The summed E-state index contributed by atoms with van der Waals surface area (Å²) >= 11 is 0. The molecular weight excluding hydrogens is 228 g/mol. The fourth-order valence-electron chi connectivity index (χ4n) is 1.47. The summed E-state index contributed by atoms with van der Waals surface area (Å²) in [6.45, 7) is 8.02. The van der Waals surface area contributed by atoms with Gasteiger partial charge in [0.1, 0.15) is 0 Å². The predicted molar refractivity (Wildman–Crippen MR) is 74.5 cm³/mol. The van der Waals surface area contributed by atoms with Crippen LogP contribution in [0.5, 0.6) is 0 Å². The number of ether oxygens (including phenoxy) is 1. The average Bonchev–Trinajstić information content (AvgIpc) is 2.25. The molecule has 0 heterocycles. The van der Waals surface area contributed by atoms with Gasteiger partial charge in [0.25, 0.3) is 0 Å². The molecular formula is C14H20O2Si. The van der Waals surface area contributed by atoms with Gasteiger partial charge in [-0.2, -0.15) is 0 Å². The standard InChI is InChI=1S/C14H20O2Si/c1-11(2)16-14(15)13(17(3)4)10-12-8-6-5-7-9-12/h5-11,17H,1-4H3. The van der Waals surface area contributed by atoms with Crippen LogP contribution in [0.15, 0.2) is 35.5 Å². The lowest BCUT2D eigenvalue weighted by atomic mass is 10.2. The van der Waals surface area contributed by atoms with Gasteiger partial charge >= 0.3 is 5.97 Å². The van der Waals surface area contributed by atoms with Gasteiger partial charge in [0.05, 0.1) is 14.9 Å². The summed E-state index contributed by atoms with van der Waals surface area (Å²) < 4.78 is 5.27. The third-order valence-corrected chi connectivity index (χ3v) is 3.97. The van der Waals surface area contributed by atoms with Crippen LogP contribution >= 0.6 is 0 Å². The second kappa shape index (κ2) is 6.40. The average molecular weight is 248 g/mol. The zero-order valence-electron chi connectivity index (χ0n) is 10.9. The first-order valence-corrected chi connectivity index (χ1v) is 8.87. The molecule has 0 spiro atoms. The highest BCUT2D eigenvalue weighted by atomic mass is 28.3. The van der Waals surface area contributed by atoms with Crippen molar-refractivity contribution in [3.8, 4) is 0 Å². The normalized spacial score (nSPS) is 12.0. The fraction of sp³-hybridized carbons (Fsp3) is 0.357. The zero-order chi connectivity index (χ0) is 12.8. The molecule has 0 saturated carbocycles. The van der Waals surface area contributed by atoms with Crippen LogP contribution in [0.3, 0.4) is 0 Å². The fourth-order valence-corrected chi connectivity index (χ4v) is 2.54. The van der Waals surface area contributed by atoms with E-state index in [1.807, 2.05) is 50.3 Å². The van der Waals surface area contributed by atoms with Gasteiger partial charge in [0, 0.05) is 5.20 Å². The number of hydrogen-bond acceptors (Lipinski definition) is 2. The van der Waals surface area contributed by atoms with Gasteiger partial charge in [-0.3, -0.25) is 0 Å². The van der Waals surface area contributed by atoms with Crippen LogP contribution < -0.4 is 0 Å². The minimum Gasteiger partial charge on any atom is -0.460 e. The number of esters is 1. The van der Waals surface area contributed by atoms with E-state index in [0.717, 1.165) is 10.8 Å². The van der Waals surface area contributed by atoms with Crippen LogP contribution in [-0.2, 0) is 9.53 Å². The summed E-state index contributed by atoms with van der Waals surface area (Å²) in [5.41, 5.74) is 1.06. The van der Waals surface area contributed by atoms with E-state index in [1.165, 1.54) is 0 Å². The Bertz CT molecular complexity index is 394. The maximum absolute atomic E-state index is 11.9. The molecule has 0 amide bonds. The predicted octanol–water partition coefficient (Wildman–Crippen LogP) is 3.05. The maximum Gasteiger partial charge on any atom is 0.329 e. The van der Waals surface area contributed by atoms with E-state index in [4.69, 9.17) is 4.74 Å². The second-order valence-electron chi connectivity index (χ2n) is 4.62. The Morgan fingerprint density at radius 3 is 2.29 bits per heavy atom. The Hall–Kier alpha value is -1.35. The molecule has 0 atom stereocenters. The molecule has 1 aromatic rings. The Morgan fingerprint density at radius 1 is 1.24 bits per heavy atom. The quantitative estimate of drug-likeness (QED) is 0.465. The first-order chi connectivity index (χ1) is 8.00. The Kier molecular flexibility index (Phi) is 5.16. The molecule has 0 bridgehead atoms. The zero-order valence-corrected chi connectivity index (χ0v) is 12.1. The van der Waals surface area contributed by atoms with Gasteiger partial charge in [-0.15, -0.1) is 0 Å². The number of benzene rings is 1. The van der Waals surface area contributed by atoms with Gasteiger partial charge in [-0.05, 0) is 25.5 Å². The first-order valence-electron chi connectivity index (χ1n) is 5.98. The van der Waals surface area contributed by atoms with E-state index in [9.17, 15) is 4.79 Å². The van der Waals surface area contributed by atoms with Gasteiger partial charge < -0.3 is 4.74 Å². The molecule has 0 aromatic heterocycles. The highest BCUT2D eigenvalue weighted by Gasteiger charge is 2.16. The molecule has 2 nitrogen and oxygen atoms in total. The highest BCUT2D eigenvalue weighted by Crippen LogP contribution is 2.12. The van der Waals surface area contributed by atoms with Crippen molar-refractivity contribution in [2.45, 2.75) is 33.0 Å². The first kappa shape index (κ1) is 13.7. The molecule has 3 heteroatoms. The van der Waals surface area contributed by atoms with Gasteiger partial charge in [0.15, 0.2) is 0 Å². The molecule has 0 aliphatic heterocycles. The number of rotatable bonds is 4. The molecule has 0 N–H and O–H groups in total. The molecule has 0 aliphatic carbocycles. The number of carbonyl (C=O) groups is 1. The molecule has 0 unspecified atom stereocenters. The van der Waals surface area contributed by atoms with Crippen LogP contribution in [0, 0.1) is 0 Å². The van der Waals surface area contributed by atoms with Crippen molar-refractivity contribution in [2.75, 3.05) is 0 Å². The number of hydrogen-bond donors (Lipinski definition) is 0. The summed E-state index contributed by atoms with van der Waals surface area (Å²) in [4.78, 5) is 11.9. The second-order valence-corrected chi connectivity index (χ2v) is 7.55. The summed E-state index contributed by atoms with van der Waals surface area (Å²) in [5, 5.41) is 0.852. The minimum absolute atomic E-state index is 0.0607. The molecule has 0 radical (unpaired) electrons. The van der Waals surface area contributed by atoms with Crippen molar-refractivity contribution < 1.29 is 9.53 Å². The summed E-state index contributed by atoms with van der Waals surface area (Å²) in [6.07, 6.45) is 1.90. The van der Waals surface area contributed by atoms with Gasteiger partial charge in [0.2, 0.25) is 0 Å². The smallest absolute Gasteiger partial charge is 0.329 e. The lowest BCUT2D eigenvalue weighted by Gasteiger charge is -2.13. The molecule has 1 rings (SSSR count). The van der Waals surface area contributed by atoms with Crippen LogP contribution in [0.4, 0.5) is 0 Å². The molecule has 0 aliphatic rings. The van der Waals surface area contributed by atoms with E-state index in [-0.39, 0.29) is 12.1 Å². The van der Waals surface area contributed by atoms with Crippen molar-refractivity contribution in [1.82, 2.24) is 0 Å². The van der Waals surface area contributed by atoms with Crippen molar-refractivity contribution in [3.63, 3.8) is 0 Å². The third kappa shape index (κ3) is 4.57. The van der Waals surface area contributed by atoms with E-state index in [0.29, 0.717) is 0 Å². The molecule has 92 valence electrons.